The van der Waals surface area contributed by atoms with Gasteiger partial charge < -0.3 is 10.4 Å². The number of nitrogens with one attached hydrogen (secondary N) is 1. The maximum Gasteiger partial charge on any atom is 0.310 e. The van der Waals surface area contributed by atoms with Crippen molar-refractivity contribution in [3.05, 3.63) is 94.4 Å². The number of halogens is 2. The van der Waals surface area contributed by atoms with Gasteiger partial charge in [-0.05, 0) is 30.7 Å². The fourth-order valence-electron chi connectivity index (χ4n) is 3.15. The first-order valence-corrected chi connectivity index (χ1v) is 9.32. The summed E-state index contributed by atoms with van der Waals surface area (Å²) in [5.74, 6) is -2.85. The number of benzene rings is 2. The maximum atomic E-state index is 14.4. The van der Waals surface area contributed by atoms with Crippen LogP contribution < -0.4 is 5.32 Å². The Balaban J connectivity index is 1.91. The van der Waals surface area contributed by atoms with E-state index < -0.39 is 17.7 Å². The highest BCUT2D eigenvalue weighted by molar-refractivity contribution is 6.39. The monoisotopic (exact) mass is 411 g/mol. The minimum Gasteiger partial charge on any atom is -0.481 e. The van der Waals surface area contributed by atoms with E-state index in [4.69, 9.17) is 16.7 Å². The average molecular weight is 412 g/mol. The third-order valence-corrected chi connectivity index (χ3v) is 5.06. The molecule has 0 amide bonds. The molecule has 2 aromatic rings. The van der Waals surface area contributed by atoms with Crippen LogP contribution in [0.15, 0.2) is 72.7 Å². The second kappa shape index (κ2) is 8.45. The third kappa shape index (κ3) is 4.30. The minimum absolute atomic E-state index is 0.157. The van der Waals surface area contributed by atoms with E-state index >= 15 is 0 Å². The molecule has 0 aliphatic heterocycles. The van der Waals surface area contributed by atoms with Gasteiger partial charge >= 0.3 is 5.97 Å². The number of carbonyl (C=O) groups excluding carboxylic acids is 1. The van der Waals surface area contributed by atoms with Gasteiger partial charge in [-0.2, -0.15) is 0 Å². The van der Waals surface area contributed by atoms with Crippen LogP contribution in [0.25, 0.3) is 5.57 Å². The van der Waals surface area contributed by atoms with Crippen molar-refractivity contribution in [3.63, 3.8) is 0 Å². The van der Waals surface area contributed by atoms with E-state index in [1.807, 2.05) is 0 Å². The van der Waals surface area contributed by atoms with Gasteiger partial charge in [-0.15, -0.1) is 0 Å². The Morgan fingerprint density at radius 3 is 2.59 bits per heavy atom. The topological polar surface area (TPSA) is 66.4 Å². The Bertz CT molecular complexity index is 1050. The molecule has 1 atom stereocenters. The Morgan fingerprint density at radius 1 is 1.21 bits per heavy atom. The number of rotatable bonds is 6. The predicted molar refractivity (Wildman–Crippen MR) is 113 cm³/mol. The molecule has 1 aliphatic rings. The Morgan fingerprint density at radius 2 is 1.93 bits per heavy atom. The van der Waals surface area contributed by atoms with Gasteiger partial charge in [0.25, 0.3) is 0 Å². The van der Waals surface area contributed by atoms with Crippen LogP contribution in [0.1, 0.15) is 27.9 Å². The summed E-state index contributed by atoms with van der Waals surface area (Å²) in [4.78, 5) is 24.1. The first kappa shape index (κ1) is 20.6. The number of hydrogen-bond acceptors (Lipinski definition) is 3. The van der Waals surface area contributed by atoms with Crippen molar-refractivity contribution >= 4 is 34.6 Å². The summed E-state index contributed by atoms with van der Waals surface area (Å²) in [6.07, 6.45) is 2.61. The van der Waals surface area contributed by atoms with Crippen molar-refractivity contribution in [1.82, 2.24) is 0 Å². The van der Waals surface area contributed by atoms with E-state index in [1.54, 1.807) is 49.4 Å². The van der Waals surface area contributed by atoms with Crippen LogP contribution in [0.2, 0.25) is 5.02 Å². The number of ketones is 1. The third-order valence-electron chi connectivity index (χ3n) is 4.75. The fourth-order valence-corrected chi connectivity index (χ4v) is 3.45. The highest BCUT2D eigenvalue weighted by Gasteiger charge is 2.24. The molecular formula is C23H19ClFNO3. The number of carbonyl (C=O) groups is 2. The van der Waals surface area contributed by atoms with Gasteiger partial charge in [0.2, 0.25) is 0 Å². The molecule has 3 rings (SSSR count). The number of aliphatic carboxylic acids is 1. The smallest absolute Gasteiger partial charge is 0.310 e. The summed E-state index contributed by atoms with van der Waals surface area (Å²) in [6, 6.07) is 12.1. The van der Waals surface area contributed by atoms with Gasteiger partial charge in [-0.1, -0.05) is 54.6 Å². The van der Waals surface area contributed by atoms with Gasteiger partial charge in [-0.25, -0.2) is 4.39 Å². The molecule has 6 heteroatoms. The molecule has 29 heavy (non-hydrogen) atoms. The second-order valence-electron chi connectivity index (χ2n) is 6.74. The lowest BCUT2D eigenvalue weighted by atomic mass is 9.94. The summed E-state index contributed by atoms with van der Waals surface area (Å²) >= 11 is 6.22. The van der Waals surface area contributed by atoms with E-state index in [1.165, 1.54) is 12.2 Å². The fraction of sp³-hybridized carbons (Fsp3) is 0.130. The number of Topliss-reactive ketones (excluding diaryl/α,β-unsaturated/α-hetero) is 1. The summed E-state index contributed by atoms with van der Waals surface area (Å²) in [5.41, 5.74) is 2.47. The summed E-state index contributed by atoms with van der Waals surface area (Å²) in [6.45, 7) is 5.73. The number of para-hydroxylation sites is 1. The lowest BCUT2D eigenvalue weighted by Gasteiger charge is -2.19. The van der Waals surface area contributed by atoms with Crippen molar-refractivity contribution in [2.24, 2.45) is 5.92 Å². The van der Waals surface area contributed by atoms with Gasteiger partial charge in [0.15, 0.2) is 5.78 Å². The molecule has 148 valence electrons. The SMILES string of the molecule is C=C(C(=O)c1c(C)cccc1Cl)c1ccccc1NC1=C(F)CC(C(=O)O)C=C1. The normalized spacial score (nSPS) is 15.9. The zero-order chi connectivity index (χ0) is 21.1. The van der Waals surface area contributed by atoms with E-state index in [0.717, 1.165) is 5.56 Å². The average Bonchev–Trinajstić information content (AvgIpc) is 2.69. The van der Waals surface area contributed by atoms with Crippen LogP contribution in [0.5, 0.6) is 0 Å². The zero-order valence-corrected chi connectivity index (χ0v) is 16.5. The molecule has 0 saturated heterocycles. The number of carboxylic acid groups (broad SMARTS) is 1. The molecule has 0 radical (unpaired) electrons. The van der Waals surface area contributed by atoms with E-state index in [9.17, 15) is 14.0 Å². The molecule has 0 aromatic heterocycles. The molecule has 2 N–H and O–H groups in total. The van der Waals surface area contributed by atoms with Crippen molar-refractivity contribution in [1.29, 1.82) is 0 Å². The predicted octanol–water partition coefficient (Wildman–Crippen LogP) is 5.80. The lowest BCUT2D eigenvalue weighted by molar-refractivity contribution is -0.140. The van der Waals surface area contributed by atoms with E-state index in [0.29, 0.717) is 21.8 Å². The molecule has 2 aromatic carbocycles. The highest BCUT2D eigenvalue weighted by Crippen LogP contribution is 2.32. The number of allylic oxidation sites excluding steroid dienone is 3. The Kier molecular flexibility index (Phi) is 5.99. The summed E-state index contributed by atoms with van der Waals surface area (Å²) in [5, 5.41) is 12.3. The van der Waals surface area contributed by atoms with E-state index in [-0.39, 0.29) is 23.5 Å². The van der Waals surface area contributed by atoms with Crippen molar-refractivity contribution in [2.45, 2.75) is 13.3 Å². The van der Waals surface area contributed by atoms with Crippen molar-refractivity contribution in [3.8, 4) is 0 Å². The van der Waals surface area contributed by atoms with Gasteiger partial charge in [-0.3, -0.25) is 9.59 Å². The van der Waals surface area contributed by atoms with Crippen molar-refractivity contribution in [2.75, 3.05) is 5.32 Å². The number of aryl methyl sites for hydroxylation is 1. The molecule has 4 nitrogen and oxygen atoms in total. The molecule has 1 aliphatic carbocycles. The molecule has 0 heterocycles. The van der Waals surface area contributed by atoms with E-state index in [2.05, 4.69) is 11.9 Å². The molecule has 0 bridgehead atoms. The van der Waals surface area contributed by atoms with Crippen LogP contribution in [-0.2, 0) is 4.79 Å². The van der Waals surface area contributed by atoms with Gasteiger partial charge in [0.1, 0.15) is 5.83 Å². The van der Waals surface area contributed by atoms with Crippen LogP contribution >= 0.6 is 11.6 Å². The maximum absolute atomic E-state index is 14.4. The lowest BCUT2D eigenvalue weighted by Crippen LogP contribution is -2.16. The summed E-state index contributed by atoms with van der Waals surface area (Å²) < 4.78 is 14.4. The quantitative estimate of drug-likeness (QED) is 0.465. The van der Waals surface area contributed by atoms with Gasteiger partial charge in [0.05, 0.1) is 16.6 Å². The van der Waals surface area contributed by atoms with Crippen molar-refractivity contribution < 1.29 is 19.1 Å². The molecule has 0 saturated carbocycles. The summed E-state index contributed by atoms with van der Waals surface area (Å²) in [7, 11) is 0. The van der Waals surface area contributed by atoms with Crippen LogP contribution in [0, 0.1) is 12.8 Å². The van der Waals surface area contributed by atoms with Crippen LogP contribution in [0.4, 0.5) is 10.1 Å². The van der Waals surface area contributed by atoms with Gasteiger partial charge in [0, 0.05) is 28.8 Å². The second-order valence-corrected chi connectivity index (χ2v) is 7.14. The Hall–Kier alpha value is -3.18. The number of carboxylic acids is 1. The Labute approximate surface area is 173 Å². The first-order valence-electron chi connectivity index (χ1n) is 8.94. The molecule has 1 unspecified atom stereocenters. The largest absolute Gasteiger partial charge is 0.481 e. The molecule has 0 fully saturated rings. The highest BCUT2D eigenvalue weighted by atomic mass is 35.5. The molecular weight excluding hydrogens is 393 g/mol. The first-order chi connectivity index (χ1) is 13.8. The molecule has 0 spiro atoms. The van der Waals surface area contributed by atoms with Crippen LogP contribution in [0.3, 0.4) is 0 Å². The van der Waals surface area contributed by atoms with Crippen LogP contribution in [-0.4, -0.2) is 16.9 Å². The minimum atomic E-state index is -1.08. The standard InChI is InChI=1S/C23H19ClFNO3/c1-13-6-5-8-17(24)21(13)22(27)14(2)16-7-3-4-9-19(16)26-20-11-10-15(23(28)29)12-18(20)25/h3-11,15,26H,2,12H2,1H3,(H,28,29). The number of anilines is 1. The number of hydrogen-bond donors (Lipinski definition) is 2. The zero-order valence-electron chi connectivity index (χ0n) is 15.7.